The third-order valence-corrected chi connectivity index (χ3v) is 5.20. The Balaban J connectivity index is 1.47. The van der Waals surface area contributed by atoms with Crippen molar-refractivity contribution < 1.29 is 14.7 Å². The van der Waals surface area contributed by atoms with Gasteiger partial charge in [-0.1, -0.05) is 48.0 Å². The van der Waals surface area contributed by atoms with E-state index in [-0.39, 0.29) is 29.9 Å². The number of carbonyl (C=O) groups is 2. The summed E-state index contributed by atoms with van der Waals surface area (Å²) in [5.74, 6) is -0.410. The van der Waals surface area contributed by atoms with Crippen LogP contribution in [0, 0.1) is 12.8 Å². The van der Waals surface area contributed by atoms with Crippen molar-refractivity contribution in [2.75, 3.05) is 11.9 Å². The second kappa shape index (κ2) is 7.35. The van der Waals surface area contributed by atoms with Crippen molar-refractivity contribution >= 4 is 28.3 Å². The number of hydrogen-bond donors (Lipinski definition) is 2. The van der Waals surface area contributed by atoms with Crippen molar-refractivity contribution in [3.05, 3.63) is 71.8 Å². The number of amides is 2. The molecule has 0 spiro atoms. The number of aromatic hydroxyl groups is 1. The second-order valence-electron chi connectivity index (χ2n) is 7.36. The van der Waals surface area contributed by atoms with Gasteiger partial charge in [0.25, 0.3) is 0 Å². The Hall–Kier alpha value is -3.34. The van der Waals surface area contributed by atoms with E-state index in [2.05, 4.69) is 5.32 Å². The molecule has 1 fully saturated rings. The highest BCUT2D eigenvalue weighted by Crippen LogP contribution is 2.28. The second-order valence-corrected chi connectivity index (χ2v) is 7.36. The monoisotopic (exact) mass is 374 g/mol. The Morgan fingerprint density at radius 1 is 1.14 bits per heavy atom. The van der Waals surface area contributed by atoms with Gasteiger partial charge in [0.05, 0.1) is 5.92 Å². The Labute approximate surface area is 163 Å². The fourth-order valence-electron chi connectivity index (χ4n) is 3.62. The van der Waals surface area contributed by atoms with Gasteiger partial charge in [0.2, 0.25) is 11.8 Å². The van der Waals surface area contributed by atoms with Gasteiger partial charge in [-0.25, -0.2) is 0 Å². The van der Waals surface area contributed by atoms with E-state index in [9.17, 15) is 14.7 Å². The van der Waals surface area contributed by atoms with Crippen molar-refractivity contribution in [1.82, 2.24) is 4.90 Å². The fourth-order valence-corrected chi connectivity index (χ4v) is 3.62. The van der Waals surface area contributed by atoms with E-state index in [4.69, 9.17) is 0 Å². The molecule has 1 heterocycles. The van der Waals surface area contributed by atoms with Crippen LogP contribution in [0.25, 0.3) is 10.8 Å². The first-order valence-corrected chi connectivity index (χ1v) is 9.35. The number of anilines is 1. The zero-order valence-electron chi connectivity index (χ0n) is 15.7. The molecule has 3 aromatic carbocycles. The zero-order chi connectivity index (χ0) is 19.7. The predicted molar refractivity (Wildman–Crippen MR) is 109 cm³/mol. The normalized spacial score (nSPS) is 16.5. The summed E-state index contributed by atoms with van der Waals surface area (Å²) in [5, 5.41) is 14.4. The third-order valence-electron chi connectivity index (χ3n) is 5.20. The number of hydrogen-bond acceptors (Lipinski definition) is 3. The number of phenols is 1. The molecule has 0 aliphatic carbocycles. The number of likely N-dealkylation sites (tertiary alicyclic amines) is 1. The van der Waals surface area contributed by atoms with Crippen LogP contribution >= 0.6 is 0 Å². The van der Waals surface area contributed by atoms with Crippen LogP contribution in [0.3, 0.4) is 0 Å². The number of fused-ring (bicyclic) bond motifs is 1. The molecule has 142 valence electrons. The largest absolute Gasteiger partial charge is 0.508 e. The van der Waals surface area contributed by atoms with Gasteiger partial charge in [0.1, 0.15) is 5.75 Å². The van der Waals surface area contributed by atoms with Crippen LogP contribution in [0.1, 0.15) is 17.5 Å². The molecule has 5 nitrogen and oxygen atoms in total. The van der Waals surface area contributed by atoms with Crippen molar-refractivity contribution in [3.63, 3.8) is 0 Å². The molecule has 4 rings (SSSR count). The highest BCUT2D eigenvalue weighted by molar-refractivity contribution is 6.04. The Bertz CT molecular complexity index is 1040. The number of benzene rings is 3. The lowest BCUT2D eigenvalue weighted by Gasteiger charge is -2.17. The molecule has 1 aliphatic rings. The van der Waals surface area contributed by atoms with Gasteiger partial charge >= 0.3 is 0 Å². The van der Waals surface area contributed by atoms with Gasteiger partial charge in [-0.05, 0) is 36.1 Å². The molecular formula is C23H22N2O3. The average Bonchev–Trinajstić information content (AvgIpc) is 3.05. The molecule has 1 atom stereocenters. The minimum Gasteiger partial charge on any atom is -0.508 e. The molecule has 0 bridgehead atoms. The van der Waals surface area contributed by atoms with Crippen molar-refractivity contribution in [2.24, 2.45) is 5.92 Å². The number of nitrogens with zero attached hydrogens (tertiary/aromatic N) is 1. The number of phenolic OH excluding ortho intramolecular Hbond substituents is 1. The van der Waals surface area contributed by atoms with Crippen molar-refractivity contribution in [3.8, 4) is 5.75 Å². The molecule has 3 aromatic rings. The van der Waals surface area contributed by atoms with Crippen LogP contribution in [-0.2, 0) is 16.1 Å². The molecule has 0 aromatic heterocycles. The first kappa shape index (κ1) is 18.0. The molecule has 0 radical (unpaired) electrons. The summed E-state index contributed by atoms with van der Waals surface area (Å²) in [5.41, 5.74) is 2.88. The van der Waals surface area contributed by atoms with E-state index >= 15 is 0 Å². The number of nitrogens with one attached hydrogen (secondary N) is 1. The maximum atomic E-state index is 12.8. The summed E-state index contributed by atoms with van der Waals surface area (Å²) in [4.78, 5) is 26.9. The number of carbonyl (C=O) groups excluding carboxylic acids is 2. The maximum absolute atomic E-state index is 12.8. The van der Waals surface area contributed by atoms with Crippen molar-refractivity contribution in [1.29, 1.82) is 0 Å². The van der Waals surface area contributed by atoms with Crippen LogP contribution in [0.4, 0.5) is 5.69 Å². The summed E-state index contributed by atoms with van der Waals surface area (Å²) < 4.78 is 0. The average molecular weight is 374 g/mol. The van der Waals surface area contributed by atoms with E-state index in [0.717, 1.165) is 16.3 Å². The van der Waals surface area contributed by atoms with E-state index in [1.807, 2.05) is 49.4 Å². The highest BCUT2D eigenvalue weighted by Gasteiger charge is 2.34. The standard InChI is InChI=1S/C23H22N2O3/c1-15-5-7-16(8-6-15)13-25-14-18(11-22(25)27)23(28)24-21-4-2-3-17-9-10-19(26)12-20(17)21/h2-10,12,18,26H,11,13-14H2,1H3,(H,24,28). The first-order valence-electron chi connectivity index (χ1n) is 9.35. The molecular weight excluding hydrogens is 352 g/mol. The van der Waals surface area contributed by atoms with Gasteiger partial charge in [0.15, 0.2) is 0 Å². The molecule has 1 aliphatic heterocycles. The fraction of sp³-hybridized carbons (Fsp3) is 0.217. The van der Waals surface area contributed by atoms with Gasteiger partial charge < -0.3 is 15.3 Å². The Kier molecular flexibility index (Phi) is 4.74. The van der Waals surface area contributed by atoms with E-state index in [0.29, 0.717) is 18.8 Å². The molecule has 1 saturated heterocycles. The lowest BCUT2D eigenvalue weighted by molar-refractivity contribution is -0.128. The molecule has 2 amide bonds. The van der Waals surface area contributed by atoms with E-state index in [1.165, 1.54) is 5.56 Å². The predicted octanol–water partition coefficient (Wildman–Crippen LogP) is 3.84. The molecule has 0 saturated carbocycles. The summed E-state index contributed by atoms with van der Waals surface area (Å²) >= 11 is 0. The lowest BCUT2D eigenvalue weighted by atomic mass is 10.1. The van der Waals surface area contributed by atoms with Gasteiger partial charge in [-0.2, -0.15) is 0 Å². The molecule has 2 N–H and O–H groups in total. The SMILES string of the molecule is Cc1ccc(CN2CC(C(=O)Nc3cccc4ccc(O)cc34)CC2=O)cc1. The van der Waals surface area contributed by atoms with Crippen LogP contribution in [-0.4, -0.2) is 28.4 Å². The van der Waals surface area contributed by atoms with Crippen molar-refractivity contribution in [2.45, 2.75) is 19.9 Å². The zero-order valence-corrected chi connectivity index (χ0v) is 15.7. The maximum Gasteiger partial charge on any atom is 0.229 e. The van der Waals surface area contributed by atoms with Gasteiger partial charge in [-0.3, -0.25) is 9.59 Å². The third kappa shape index (κ3) is 3.69. The van der Waals surface area contributed by atoms with E-state index in [1.54, 1.807) is 23.1 Å². The minimum atomic E-state index is -0.384. The highest BCUT2D eigenvalue weighted by atomic mass is 16.3. The van der Waals surface area contributed by atoms with Crippen LogP contribution in [0.2, 0.25) is 0 Å². The molecule has 5 heteroatoms. The van der Waals surface area contributed by atoms with Gasteiger partial charge in [-0.15, -0.1) is 0 Å². The molecule has 1 unspecified atom stereocenters. The smallest absolute Gasteiger partial charge is 0.229 e. The quantitative estimate of drug-likeness (QED) is 0.729. The van der Waals surface area contributed by atoms with Crippen LogP contribution < -0.4 is 5.32 Å². The summed E-state index contributed by atoms with van der Waals surface area (Å²) in [6.45, 7) is 2.96. The van der Waals surface area contributed by atoms with E-state index < -0.39 is 0 Å². The number of aryl methyl sites for hydroxylation is 1. The summed E-state index contributed by atoms with van der Waals surface area (Å²) in [6, 6.07) is 18.7. The van der Waals surface area contributed by atoms with Gasteiger partial charge in [0, 0.05) is 30.6 Å². The lowest BCUT2D eigenvalue weighted by Crippen LogP contribution is -2.28. The Morgan fingerprint density at radius 2 is 1.93 bits per heavy atom. The molecule has 28 heavy (non-hydrogen) atoms. The number of rotatable bonds is 4. The minimum absolute atomic E-state index is 0.00344. The summed E-state index contributed by atoms with van der Waals surface area (Å²) in [6.07, 6.45) is 0.216. The topological polar surface area (TPSA) is 69.6 Å². The van der Waals surface area contributed by atoms with Crippen LogP contribution in [0.5, 0.6) is 5.75 Å². The Morgan fingerprint density at radius 3 is 2.71 bits per heavy atom. The van der Waals surface area contributed by atoms with Crippen LogP contribution in [0.15, 0.2) is 60.7 Å². The first-order chi connectivity index (χ1) is 13.5. The summed E-state index contributed by atoms with van der Waals surface area (Å²) in [7, 11) is 0.